The highest BCUT2D eigenvalue weighted by Crippen LogP contribution is 2.31. The third kappa shape index (κ3) is 3.65. The van der Waals surface area contributed by atoms with Crippen LogP contribution in [0.1, 0.15) is 37.7 Å². The Bertz CT molecular complexity index is 381. The average Bonchev–Trinajstić information content (AvgIpc) is 2.37. The highest BCUT2D eigenvalue weighted by molar-refractivity contribution is 5.29. The van der Waals surface area contributed by atoms with Gasteiger partial charge in [-0.25, -0.2) is 0 Å². The van der Waals surface area contributed by atoms with Crippen molar-refractivity contribution >= 4 is 0 Å². The first-order valence-corrected chi connectivity index (χ1v) is 6.27. The van der Waals surface area contributed by atoms with E-state index in [-0.39, 0.29) is 5.75 Å². The van der Waals surface area contributed by atoms with Gasteiger partial charge in [-0.2, -0.15) is 13.2 Å². The Morgan fingerprint density at radius 3 is 2.61 bits per heavy atom. The average molecular weight is 257 g/mol. The molecule has 1 nitrogen and oxygen atoms in total. The maximum absolute atomic E-state index is 12.5. The standard InChI is InChI=1S/C14H16F3O/c15-14(16,17)12-7-4-8-13(9-12)18-10-11-5-2-1-3-6-11/h4,7,9,11H,1-3,5-6,10H2. The maximum atomic E-state index is 12.5. The monoisotopic (exact) mass is 257 g/mol. The molecule has 0 aromatic heterocycles. The zero-order chi connectivity index (χ0) is 13.0. The Kier molecular flexibility index (Phi) is 4.15. The van der Waals surface area contributed by atoms with Gasteiger partial charge in [0.25, 0.3) is 0 Å². The van der Waals surface area contributed by atoms with E-state index in [0.717, 1.165) is 25.0 Å². The number of benzene rings is 1. The second-order valence-corrected chi connectivity index (χ2v) is 4.75. The third-order valence-corrected chi connectivity index (χ3v) is 3.30. The minimum atomic E-state index is -4.32. The third-order valence-electron chi connectivity index (χ3n) is 3.30. The molecule has 0 bridgehead atoms. The Balaban J connectivity index is 1.92. The molecule has 2 rings (SSSR count). The first-order valence-electron chi connectivity index (χ1n) is 6.27. The van der Waals surface area contributed by atoms with E-state index < -0.39 is 11.7 Å². The normalized spacial score (nSPS) is 17.7. The molecule has 4 heteroatoms. The van der Waals surface area contributed by atoms with Crippen molar-refractivity contribution in [3.63, 3.8) is 0 Å². The summed E-state index contributed by atoms with van der Waals surface area (Å²) in [5.74, 6) is 0.664. The van der Waals surface area contributed by atoms with Gasteiger partial charge in [0.05, 0.1) is 12.2 Å². The summed E-state index contributed by atoms with van der Waals surface area (Å²) in [5.41, 5.74) is -0.681. The SMILES string of the molecule is FC(F)(F)c1cc[c]c(OCC2CCCCC2)c1. The summed E-state index contributed by atoms with van der Waals surface area (Å²) in [6.45, 7) is 0.498. The molecule has 1 saturated carbocycles. The van der Waals surface area contributed by atoms with E-state index in [9.17, 15) is 13.2 Å². The largest absolute Gasteiger partial charge is 0.493 e. The summed E-state index contributed by atoms with van der Waals surface area (Å²) < 4.78 is 42.9. The number of alkyl halides is 3. The zero-order valence-electron chi connectivity index (χ0n) is 10.1. The van der Waals surface area contributed by atoms with Gasteiger partial charge in [-0.05, 0) is 37.0 Å². The van der Waals surface area contributed by atoms with Crippen LogP contribution in [0.25, 0.3) is 0 Å². The second-order valence-electron chi connectivity index (χ2n) is 4.75. The fraction of sp³-hybridized carbons (Fsp3) is 0.571. The molecule has 1 aromatic rings. The molecule has 0 saturated heterocycles. The van der Waals surface area contributed by atoms with Gasteiger partial charge in [-0.1, -0.05) is 19.3 Å². The molecule has 1 radical (unpaired) electrons. The quantitative estimate of drug-likeness (QED) is 0.776. The van der Waals surface area contributed by atoms with Crippen LogP contribution in [-0.4, -0.2) is 6.61 Å². The van der Waals surface area contributed by atoms with Crippen molar-refractivity contribution in [2.45, 2.75) is 38.3 Å². The lowest BCUT2D eigenvalue weighted by molar-refractivity contribution is -0.137. The predicted molar refractivity (Wildman–Crippen MR) is 62.4 cm³/mol. The van der Waals surface area contributed by atoms with E-state index in [1.165, 1.54) is 25.3 Å². The summed E-state index contributed by atoms with van der Waals surface area (Å²) in [4.78, 5) is 0. The lowest BCUT2D eigenvalue weighted by Crippen LogP contribution is -2.15. The van der Waals surface area contributed by atoms with Gasteiger partial charge >= 0.3 is 6.18 Å². The topological polar surface area (TPSA) is 9.23 Å². The van der Waals surface area contributed by atoms with Crippen LogP contribution in [0.4, 0.5) is 13.2 Å². The highest BCUT2D eigenvalue weighted by Gasteiger charge is 2.30. The van der Waals surface area contributed by atoms with Crippen LogP contribution in [0.2, 0.25) is 0 Å². The molecule has 1 fully saturated rings. The van der Waals surface area contributed by atoms with E-state index >= 15 is 0 Å². The van der Waals surface area contributed by atoms with E-state index in [1.54, 1.807) is 0 Å². The number of hydrogen-bond acceptors (Lipinski definition) is 1. The van der Waals surface area contributed by atoms with Crippen LogP contribution in [-0.2, 0) is 6.18 Å². The van der Waals surface area contributed by atoms with Gasteiger partial charge in [0.1, 0.15) is 5.75 Å². The summed E-state index contributed by atoms with van der Waals surface area (Å²) in [6, 6.07) is 5.99. The molecule has 1 aromatic carbocycles. The summed E-state index contributed by atoms with van der Waals surface area (Å²) in [5, 5.41) is 0. The van der Waals surface area contributed by atoms with Crippen LogP contribution in [0.5, 0.6) is 5.75 Å². The molecular formula is C14H16F3O. The number of rotatable bonds is 3. The molecule has 0 atom stereocenters. The van der Waals surface area contributed by atoms with Gasteiger partial charge in [0.15, 0.2) is 0 Å². The van der Waals surface area contributed by atoms with E-state index in [2.05, 4.69) is 6.07 Å². The lowest BCUT2D eigenvalue weighted by Gasteiger charge is -2.21. The van der Waals surface area contributed by atoms with E-state index in [0.29, 0.717) is 12.5 Å². The van der Waals surface area contributed by atoms with Crippen molar-refractivity contribution in [3.05, 3.63) is 29.8 Å². The molecule has 1 aliphatic carbocycles. The maximum Gasteiger partial charge on any atom is 0.416 e. The molecule has 0 aliphatic heterocycles. The fourth-order valence-corrected chi connectivity index (χ4v) is 2.27. The minimum absolute atomic E-state index is 0.190. The van der Waals surface area contributed by atoms with Crippen molar-refractivity contribution in [3.8, 4) is 5.75 Å². The van der Waals surface area contributed by atoms with Crippen LogP contribution in [0, 0.1) is 12.0 Å². The first-order chi connectivity index (χ1) is 8.55. The Morgan fingerprint density at radius 1 is 1.22 bits per heavy atom. The molecule has 0 amide bonds. The molecule has 0 heterocycles. The van der Waals surface area contributed by atoms with Crippen LogP contribution in [0.3, 0.4) is 0 Å². The Labute approximate surface area is 105 Å². The van der Waals surface area contributed by atoms with Crippen molar-refractivity contribution in [2.24, 2.45) is 5.92 Å². The molecule has 18 heavy (non-hydrogen) atoms. The fourth-order valence-electron chi connectivity index (χ4n) is 2.27. The molecule has 0 N–H and O–H groups in total. The van der Waals surface area contributed by atoms with Gasteiger partial charge in [0.2, 0.25) is 0 Å². The van der Waals surface area contributed by atoms with Gasteiger partial charge in [-0.15, -0.1) is 0 Å². The van der Waals surface area contributed by atoms with Crippen molar-refractivity contribution in [1.82, 2.24) is 0 Å². The van der Waals surface area contributed by atoms with Gasteiger partial charge in [-0.3, -0.25) is 0 Å². The first kappa shape index (κ1) is 13.2. The minimum Gasteiger partial charge on any atom is -0.493 e. The summed E-state index contributed by atoms with van der Waals surface area (Å²) >= 11 is 0. The number of hydrogen-bond donors (Lipinski definition) is 0. The lowest BCUT2D eigenvalue weighted by atomic mass is 9.90. The van der Waals surface area contributed by atoms with Crippen LogP contribution < -0.4 is 4.74 Å². The Morgan fingerprint density at radius 2 is 1.94 bits per heavy atom. The van der Waals surface area contributed by atoms with E-state index in [1.807, 2.05) is 0 Å². The van der Waals surface area contributed by atoms with Crippen molar-refractivity contribution in [1.29, 1.82) is 0 Å². The summed E-state index contributed by atoms with van der Waals surface area (Å²) in [6.07, 6.45) is 1.54. The van der Waals surface area contributed by atoms with Gasteiger partial charge in [0, 0.05) is 6.07 Å². The van der Waals surface area contributed by atoms with Crippen molar-refractivity contribution < 1.29 is 17.9 Å². The number of halogens is 3. The predicted octanol–water partition coefficient (Wildman–Crippen LogP) is 4.46. The van der Waals surface area contributed by atoms with E-state index in [4.69, 9.17) is 4.74 Å². The summed E-state index contributed by atoms with van der Waals surface area (Å²) in [7, 11) is 0. The van der Waals surface area contributed by atoms with Crippen LogP contribution >= 0.6 is 0 Å². The highest BCUT2D eigenvalue weighted by atomic mass is 19.4. The second kappa shape index (κ2) is 5.63. The molecule has 0 unspecified atom stereocenters. The Hall–Kier alpha value is -1.19. The molecular weight excluding hydrogens is 241 g/mol. The smallest absolute Gasteiger partial charge is 0.416 e. The van der Waals surface area contributed by atoms with Gasteiger partial charge < -0.3 is 4.74 Å². The number of ether oxygens (including phenoxy) is 1. The van der Waals surface area contributed by atoms with Crippen molar-refractivity contribution in [2.75, 3.05) is 6.61 Å². The van der Waals surface area contributed by atoms with Crippen LogP contribution in [0.15, 0.2) is 18.2 Å². The molecule has 1 aliphatic rings. The molecule has 0 spiro atoms. The zero-order valence-corrected chi connectivity index (χ0v) is 10.1. The molecule has 99 valence electrons.